The average Bonchev–Trinajstić information content (AvgIpc) is 2.69. The molecule has 0 bridgehead atoms. The fourth-order valence-corrected chi connectivity index (χ4v) is 2.60. The molecule has 1 aliphatic heterocycles. The number of nitrogens with two attached hydrogens (primary N) is 1. The first-order valence-corrected chi connectivity index (χ1v) is 8.55. The van der Waals surface area contributed by atoms with Crippen molar-refractivity contribution in [2.24, 2.45) is 0 Å². The molecule has 1 atom stereocenters. The van der Waals surface area contributed by atoms with Crippen LogP contribution < -0.4 is 16.0 Å². The summed E-state index contributed by atoms with van der Waals surface area (Å²) >= 11 is 0. The van der Waals surface area contributed by atoms with Gasteiger partial charge in [0.1, 0.15) is 0 Å². The van der Waals surface area contributed by atoms with Crippen LogP contribution in [0.15, 0.2) is 36.7 Å². The zero-order chi connectivity index (χ0) is 19.2. The molecule has 2 heterocycles. The number of hydrogen-bond donors (Lipinski definition) is 2. The number of benzene rings is 1. The monoisotopic (exact) mass is 371 g/mol. The molecular formula is C18H21N5O4. The maximum absolute atomic E-state index is 12.3. The number of esters is 1. The molecule has 1 aliphatic rings. The summed E-state index contributed by atoms with van der Waals surface area (Å²) in [4.78, 5) is 34.1. The normalized spacial score (nSPS) is 15.1. The first-order chi connectivity index (χ1) is 13.0. The Morgan fingerprint density at radius 3 is 2.52 bits per heavy atom. The van der Waals surface area contributed by atoms with E-state index in [-0.39, 0.29) is 11.5 Å². The highest BCUT2D eigenvalue weighted by molar-refractivity contribution is 5.98. The Hall–Kier alpha value is -3.20. The molecule has 0 spiro atoms. The second-order valence-corrected chi connectivity index (χ2v) is 5.97. The van der Waals surface area contributed by atoms with Crippen LogP contribution >= 0.6 is 0 Å². The summed E-state index contributed by atoms with van der Waals surface area (Å²) in [5.74, 6) is -1.30. The Bertz CT molecular complexity index is 806. The number of rotatable bonds is 5. The van der Waals surface area contributed by atoms with E-state index >= 15 is 0 Å². The van der Waals surface area contributed by atoms with E-state index in [4.69, 9.17) is 15.2 Å². The van der Waals surface area contributed by atoms with Crippen LogP contribution in [0.2, 0.25) is 0 Å². The second kappa shape index (κ2) is 8.45. The summed E-state index contributed by atoms with van der Waals surface area (Å²) in [5, 5.41) is 2.72. The zero-order valence-electron chi connectivity index (χ0n) is 14.9. The highest BCUT2D eigenvalue weighted by atomic mass is 16.5. The minimum atomic E-state index is -1.02. The van der Waals surface area contributed by atoms with Crippen molar-refractivity contribution in [2.45, 2.75) is 13.0 Å². The minimum absolute atomic E-state index is 0.0474. The van der Waals surface area contributed by atoms with Gasteiger partial charge in [0.25, 0.3) is 5.91 Å². The predicted octanol–water partition coefficient (Wildman–Crippen LogP) is 1.08. The molecule has 1 saturated heterocycles. The SMILES string of the molecule is CC(OC(=O)c1nccnc1N)C(=O)Nc1ccc(N2CCOCC2)cc1. The van der Waals surface area contributed by atoms with Crippen molar-refractivity contribution in [1.82, 2.24) is 9.97 Å². The van der Waals surface area contributed by atoms with Gasteiger partial charge in [0, 0.05) is 36.9 Å². The van der Waals surface area contributed by atoms with Gasteiger partial charge in [-0.25, -0.2) is 14.8 Å². The molecule has 9 nitrogen and oxygen atoms in total. The van der Waals surface area contributed by atoms with Crippen LogP contribution in [0, 0.1) is 0 Å². The molecule has 0 radical (unpaired) electrons. The zero-order valence-corrected chi connectivity index (χ0v) is 14.9. The predicted molar refractivity (Wildman–Crippen MR) is 99.4 cm³/mol. The smallest absolute Gasteiger partial charge is 0.361 e. The number of nitrogens with zero attached hydrogens (tertiary/aromatic N) is 3. The van der Waals surface area contributed by atoms with Gasteiger partial charge in [0.2, 0.25) is 0 Å². The van der Waals surface area contributed by atoms with E-state index in [1.165, 1.54) is 19.3 Å². The van der Waals surface area contributed by atoms with Crippen molar-refractivity contribution >= 4 is 29.1 Å². The molecule has 9 heteroatoms. The number of ether oxygens (including phenoxy) is 2. The van der Waals surface area contributed by atoms with E-state index < -0.39 is 18.0 Å². The third kappa shape index (κ3) is 4.70. The topological polar surface area (TPSA) is 120 Å². The molecule has 1 unspecified atom stereocenters. The van der Waals surface area contributed by atoms with Gasteiger partial charge in [0.05, 0.1) is 13.2 Å². The van der Waals surface area contributed by atoms with Crippen molar-refractivity contribution in [3.8, 4) is 0 Å². The number of carbonyl (C=O) groups is 2. The minimum Gasteiger partial charge on any atom is -0.448 e. The van der Waals surface area contributed by atoms with Gasteiger partial charge in [-0.3, -0.25) is 4.79 Å². The maximum Gasteiger partial charge on any atom is 0.361 e. The molecule has 1 aromatic heterocycles. The molecular weight excluding hydrogens is 350 g/mol. The first-order valence-electron chi connectivity index (χ1n) is 8.55. The number of nitrogens with one attached hydrogen (secondary N) is 1. The fraction of sp³-hybridized carbons (Fsp3) is 0.333. The molecule has 2 aromatic rings. The number of morpholine rings is 1. The van der Waals surface area contributed by atoms with Crippen LogP contribution in [0.5, 0.6) is 0 Å². The Labute approximate surface area is 156 Å². The van der Waals surface area contributed by atoms with Crippen molar-refractivity contribution in [1.29, 1.82) is 0 Å². The van der Waals surface area contributed by atoms with Crippen LogP contribution in [-0.4, -0.2) is 54.3 Å². The first kappa shape index (κ1) is 18.6. The third-order valence-electron chi connectivity index (χ3n) is 4.08. The van der Waals surface area contributed by atoms with E-state index in [9.17, 15) is 9.59 Å². The van der Waals surface area contributed by atoms with Gasteiger partial charge in [-0.2, -0.15) is 0 Å². The summed E-state index contributed by atoms with van der Waals surface area (Å²) in [6.07, 6.45) is 1.68. The second-order valence-electron chi connectivity index (χ2n) is 5.97. The lowest BCUT2D eigenvalue weighted by molar-refractivity contribution is -0.123. The Morgan fingerprint density at radius 1 is 1.19 bits per heavy atom. The van der Waals surface area contributed by atoms with Crippen LogP contribution in [0.3, 0.4) is 0 Å². The highest BCUT2D eigenvalue weighted by Crippen LogP contribution is 2.19. The standard InChI is InChI=1S/C18H21N5O4/c1-12(27-18(25)15-16(19)21-7-6-20-15)17(24)22-13-2-4-14(5-3-13)23-8-10-26-11-9-23/h2-7,12H,8-11H2,1H3,(H2,19,21)(H,22,24). The summed E-state index contributed by atoms with van der Waals surface area (Å²) < 4.78 is 10.5. The molecule has 27 heavy (non-hydrogen) atoms. The molecule has 3 N–H and O–H groups in total. The molecule has 3 rings (SSSR count). The van der Waals surface area contributed by atoms with Crippen LogP contribution in [0.25, 0.3) is 0 Å². The Morgan fingerprint density at radius 2 is 1.85 bits per heavy atom. The fourth-order valence-electron chi connectivity index (χ4n) is 2.60. The van der Waals surface area contributed by atoms with Crippen LogP contribution in [0.4, 0.5) is 17.2 Å². The van der Waals surface area contributed by atoms with Gasteiger partial charge < -0.3 is 25.4 Å². The van der Waals surface area contributed by atoms with Gasteiger partial charge in [-0.15, -0.1) is 0 Å². The lowest BCUT2D eigenvalue weighted by atomic mass is 10.2. The highest BCUT2D eigenvalue weighted by Gasteiger charge is 2.22. The lowest BCUT2D eigenvalue weighted by Gasteiger charge is -2.28. The lowest BCUT2D eigenvalue weighted by Crippen LogP contribution is -2.36. The van der Waals surface area contributed by atoms with E-state index in [2.05, 4.69) is 20.2 Å². The Kier molecular flexibility index (Phi) is 5.82. The van der Waals surface area contributed by atoms with Gasteiger partial charge in [0.15, 0.2) is 17.6 Å². The number of aromatic nitrogens is 2. The molecule has 0 aliphatic carbocycles. The van der Waals surface area contributed by atoms with Crippen LogP contribution in [0.1, 0.15) is 17.4 Å². The largest absolute Gasteiger partial charge is 0.448 e. The van der Waals surface area contributed by atoms with Gasteiger partial charge in [-0.05, 0) is 31.2 Å². The van der Waals surface area contributed by atoms with Crippen LogP contribution in [-0.2, 0) is 14.3 Å². The van der Waals surface area contributed by atoms with E-state index in [1.54, 1.807) is 12.1 Å². The summed E-state index contributed by atoms with van der Waals surface area (Å²) in [6, 6.07) is 7.46. The quantitative estimate of drug-likeness (QED) is 0.749. The van der Waals surface area contributed by atoms with Crippen molar-refractivity contribution in [2.75, 3.05) is 42.3 Å². The number of hydrogen-bond acceptors (Lipinski definition) is 8. The van der Waals surface area contributed by atoms with E-state index in [1.807, 2.05) is 12.1 Å². The number of amides is 1. The third-order valence-corrected chi connectivity index (χ3v) is 4.08. The summed E-state index contributed by atoms with van der Waals surface area (Å²) in [5.41, 5.74) is 7.14. The van der Waals surface area contributed by atoms with Crippen molar-refractivity contribution in [3.63, 3.8) is 0 Å². The molecule has 0 saturated carbocycles. The molecule has 1 aromatic carbocycles. The number of carbonyl (C=O) groups excluding carboxylic acids is 2. The summed E-state index contributed by atoms with van der Waals surface area (Å²) in [7, 11) is 0. The number of anilines is 3. The van der Waals surface area contributed by atoms with Crippen molar-refractivity contribution < 1.29 is 19.1 Å². The maximum atomic E-state index is 12.3. The molecule has 1 amide bonds. The Balaban J connectivity index is 1.56. The molecule has 142 valence electrons. The average molecular weight is 371 g/mol. The van der Waals surface area contributed by atoms with Gasteiger partial charge in [-0.1, -0.05) is 0 Å². The molecule has 1 fully saturated rings. The van der Waals surface area contributed by atoms with Crippen molar-refractivity contribution in [3.05, 3.63) is 42.4 Å². The van der Waals surface area contributed by atoms with E-state index in [0.29, 0.717) is 18.9 Å². The van der Waals surface area contributed by atoms with E-state index in [0.717, 1.165) is 18.8 Å². The number of nitrogen functional groups attached to an aromatic ring is 1. The van der Waals surface area contributed by atoms with Gasteiger partial charge >= 0.3 is 5.97 Å². The summed E-state index contributed by atoms with van der Waals surface area (Å²) in [6.45, 7) is 4.56.